The van der Waals surface area contributed by atoms with Gasteiger partial charge in [0.05, 0.1) is 0 Å². The average molecular weight is 206 g/mol. The molecule has 0 fully saturated rings. The lowest BCUT2D eigenvalue weighted by Crippen LogP contribution is -2.38. The number of hydrogen-bond acceptors (Lipinski definition) is 2. The monoisotopic (exact) mass is 206 g/mol. The zero-order chi connectivity index (χ0) is 11.3. The molecule has 1 rings (SSSR count). The summed E-state index contributed by atoms with van der Waals surface area (Å²) in [6.07, 6.45) is 1.02. The summed E-state index contributed by atoms with van der Waals surface area (Å²) in [4.78, 5) is 0. The number of nitrogens with two attached hydrogens (primary N) is 1. The third kappa shape index (κ3) is 3.33. The van der Waals surface area contributed by atoms with Crippen molar-refractivity contribution < 1.29 is 0 Å². The summed E-state index contributed by atoms with van der Waals surface area (Å²) in [6.45, 7) is 8.30. The largest absolute Gasteiger partial charge is 0.330 e. The summed E-state index contributed by atoms with van der Waals surface area (Å²) >= 11 is 0. The molecule has 0 bridgehead atoms. The minimum absolute atomic E-state index is 0.0283. The first kappa shape index (κ1) is 12.2. The lowest BCUT2D eigenvalue weighted by molar-refractivity contribution is 0.400. The molecule has 0 aliphatic carbocycles. The standard InChI is InChI=1S/C13H22N2/c1-11-7-4-5-8-12(11)13(2,3)15-10-6-9-14/h4-5,7-8,15H,6,9-10,14H2,1-3H3. The van der Waals surface area contributed by atoms with Crippen LogP contribution in [0.25, 0.3) is 0 Å². The Labute approximate surface area is 92.9 Å². The van der Waals surface area contributed by atoms with Gasteiger partial charge in [-0.05, 0) is 51.4 Å². The van der Waals surface area contributed by atoms with Gasteiger partial charge in [0, 0.05) is 5.54 Å². The van der Waals surface area contributed by atoms with Gasteiger partial charge in [-0.25, -0.2) is 0 Å². The van der Waals surface area contributed by atoms with E-state index in [2.05, 4.69) is 50.4 Å². The predicted molar refractivity (Wildman–Crippen MR) is 65.9 cm³/mol. The molecule has 0 spiro atoms. The van der Waals surface area contributed by atoms with Gasteiger partial charge in [-0.2, -0.15) is 0 Å². The van der Waals surface area contributed by atoms with E-state index in [-0.39, 0.29) is 5.54 Å². The Morgan fingerprint density at radius 1 is 1.27 bits per heavy atom. The van der Waals surface area contributed by atoms with E-state index in [4.69, 9.17) is 5.73 Å². The molecular formula is C13H22N2. The highest BCUT2D eigenvalue weighted by atomic mass is 15.0. The Morgan fingerprint density at radius 3 is 2.53 bits per heavy atom. The van der Waals surface area contributed by atoms with E-state index >= 15 is 0 Å². The first-order valence-electron chi connectivity index (χ1n) is 5.59. The maximum absolute atomic E-state index is 5.49. The van der Waals surface area contributed by atoms with Crippen molar-refractivity contribution >= 4 is 0 Å². The van der Waals surface area contributed by atoms with Crippen LogP contribution in [-0.2, 0) is 5.54 Å². The van der Waals surface area contributed by atoms with Crippen LogP contribution in [-0.4, -0.2) is 13.1 Å². The van der Waals surface area contributed by atoms with Crippen molar-refractivity contribution in [3.63, 3.8) is 0 Å². The van der Waals surface area contributed by atoms with E-state index in [1.54, 1.807) is 0 Å². The first-order chi connectivity index (χ1) is 7.08. The highest BCUT2D eigenvalue weighted by molar-refractivity contribution is 5.31. The van der Waals surface area contributed by atoms with Crippen molar-refractivity contribution in [2.45, 2.75) is 32.7 Å². The Bertz CT molecular complexity index is 305. The third-order valence-electron chi connectivity index (χ3n) is 2.77. The van der Waals surface area contributed by atoms with Gasteiger partial charge in [-0.3, -0.25) is 0 Å². The summed E-state index contributed by atoms with van der Waals surface area (Å²) in [5, 5.41) is 3.54. The number of aryl methyl sites for hydroxylation is 1. The highest BCUT2D eigenvalue weighted by Gasteiger charge is 2.20. The van der Waals surface area contributed by atoms with Crippen LogP contribution in [0, 0.1) is 6.92 Å². The second-order valence-electron chi connectivity index (χ2n) is 4.51. The maximum atomic E-state index is 5.49. The van der Waals surface area contributed by atoms with Crippen molar-refractivity contribution in [3.8, 4) is 0 Å². The minimum atomic E-state index is 0.0283. The third-order valence-corrected chi connectivity index (χ3v) is 2.77. The molecule has 0 aromatic heterocycles. The number of hydrogen-bond donors (Lipinski definition) is 2. The second kappa shape index (κ2) is 5.29. The van der Waals surface area contributed by atoms with Crippen LogP contribution in [0.2, 0.25) is 0 Å². The minimum Gasteiger partial charge on any atom is -0.330 e. The van der Waals surface area contributed by atoms with Crippen molar-refractivity contribution in [2.24, 2.45) is 5.73 Å². The molecule has 0 amide bonds. The van der Waals surface area contributed by atoms with Crippen LogP contribution in [0.4, 0.5) is 0 Å². The number of nitrogens with one attached hydrogen (secondary N) is 1. The van der Waals surface area contributed by atoms with Gasteiger partial charge in [0.2, 0.25) is 0 Å². The topological polar surface area (TPSA) is 38.0 Å². The fourth-order valence-corrected chi connectivity index (χ4v) is 1.87. The molecule has 0 saturated carbocycles. The second-order valence-corrected chi connectivity index (χ2v) is 4.51. The van der Waals surface area contributed by atoms with E-state index in [9.17, 15) is 0 Å². The lowest BCUT2D eigenvalue weighted by atomic mass is 9.90. The maximum Gasteiger partial charge on any atom is 0.0380 e. The Hall–Kier alpha value is -0.860. The summed E-state index contributed by atoms with van der Waals surface area (Å²) in [7, 11) is 0. The number of rotatable bonds is 5. The van der Waals surface area contributed by atoms with Crippen LogP contribution in [0.5, 0.6) is 0 Å². The summed E-state index contributed by atoms with van der Waals surface area (Å²) in [5.74, 6) is 0. The Morgan fingerprint density at radius 2 is 1.93 bits per heavy atom. The van der Waals surface area contributed by atoms with Crippen molar-refractivity contribution in [3.05, 3.63) is 35.4 Å². The molecule has 0 radical (unpaired) electrons. The van der Waals surface area contributed by atoms with Crippen LogP contribution in [0.3, 0.4) is 0 Å². The van der Waals surface area contributed by atoms with E-state index < -0.39 is 0 Å². The van der Waals surface area contributed by atoms with E-state index in [0.717, 1.165) is 19.5 Å². The predicted octanol–water partition coefficient (Wildman–Crippen LogP) is 2.17. The van der Waals surface area contributed by atoms with E-state index in [0.29, 0.717) is 0 Å². The molecule has 3 N–H and O–H groups in total. The normalized spacial score (nSPS) is 11.7. The molecule has 0 heterocycles. The van der Waals surface area contributed by atoms with Crippen LogP contribution < -0.4 is 11.1 Å². The smallest absolute Gasteiger partial charge is 0.0380 e. The fraction of sp³-hybridized carbons (Fsp3) is 0.538. The van der Waals surface area contributed by atoms with Crippen LogP contribution in [0.15, 0.2) is 24.3 Å². The van der Waals surface area contributed by atoms with Crippen molar-refractivity contribution in [2.75, 3.05) is 13.1 Å². The van der Waals surface area contributed by atoms with Gasteiger partial charge in [-0.15, -0.1) is 0 Å². The molecule has 0 aliphatic rings. The van der Waals surface area contributed by atoms with Gasteiger partial charge in [0.15, 0.2) is 0 Å². The Balaban J connectivity index is 2.72. The van der Waals surface area contributed by atoms with Gasteiger partial charge >= 0.3 is 0 Å². The molecule has 0 atom stereocenters. The Kier molecular flexibility index (Phi) is 4.30. The summed E-state index contributed by atoms with van der Waals surface area (Å²) in [5.41, 5.74) is 8.21. The van der Waals surface area contributed by atoms with Crippen LogP contribution in [0.1, 0.15) is 31.4 Å². The first-order valence-corrected chi connectivity index (χ1v) is 5.59. The summed E-state index contributed by atoms with van der Waals surface area (Å²) < 4.78 is 0. The molecule has 0 aliphatic heterocycles. The molecule has 1 aromatic rings. The zero-order valence-electron chi connectivity index (χ0n) is 10.0. The van der Waals surface area contributed by atoms with E-state index in [1.807, 2.05) is 0 Å². The lowest BCUT2D eigenvalue weighted by Gasteiger charge is -2.28. The average Bonchev–Trinajstić information content (AvgIpc) is 2.18. The van der Waals surface area contributed by atoms with Gasteiger partial charge in [0.1, 0.15) is 0 Å². The molecular weight excluding hydrogens is 184 g/mol. The number of benzene rings is 1. The van der Waals surface area contributed by atoms with E-state index in [1.165, 1.54) is 11.1 Å². The quantitative estimate of drug-likeness (QED) is 0.725. The fourth-order valence-electron chi connectivity index (χ4n) is 1.87. The van der Waals surface area contributed by atoms with Crippen molar-refractivity contribution in [1.29, 1.82) is 0 Å². The van der Waals surface area contributed by atoms with Gasteiger partial charge in [0.25, 0.3) is 0 Å². The zero-order valence-corrected chi connectivity index (χ0v) is 10.0. The molecule has 2 nitrogen and oxygen atoms in total. The molecule has 0 unspecified atom stereocenters. The molecule has 2 heteroatoms. The van der Waals surface area contributed by atoms with Gasteiger partial charge < -0.3 is 11.1 Å². The van der Waals surface area contributed by atoms with Gasteiger partial charge in [-0.1, -0.05) is 24.3 Å². The molecule has 0 saturated heterocycles. The molecule has 84 valence electrons. The van der Waals surface area contributed by atoms with Crippen molar-refractivity contribution in [1.82, 2.24) is 5.32 Å². The highest BCUT2D eigenvalue weighted by Crippen LogP contribution is 2.22. The molecule has 15 heavy (non-hydrogen) atoms. The SMILES string of the molecule is Cc1ccccc1C(C)(C)NCCCN. The molecule has 1 aromatic carbocycles. The van der Waals surface area contributed by atoms with Crippen LogP contribution >= 0.6 is 0 Å². The summed E-state index contributed by atoms with van der Waals surface area (Å²) in [6, 6.07) is 8.51.